The lowest BCUT2D eigenvalue weighted by Crippen LogP contribution is -2.29. The molecule has 6 rings (SSSR count). The Morgan fingerprint density at radius 1 is 1.22 bits per heavy atom. The lowest BCUT2D eigenvalue weighted by molar-refractivity contribution is 0.0937. The first-order chi connectivity index (χ1) is 15.8. The fraction of sp³-hybridized carbons (Fsp3) is 0.455. The highest BCUT2D eigenvalue weighted by Gasteiger charge is 2.25. The van der Waals surface area contributed by atoms with Crippen molar-refractivity contribution in [2.24, 2.45) is 0 Å². The van der Waals surface area contributed by atoms with Gasteiger partial charge in [-0.1, -0.05) is 16.9 Å². The molecular weight excluding hydrogens is 464 g/mol. The molecule has 1 saturated heterocycles. The molecule has 0 amide bonds. The maximum atomic E-state index is 13.7. The largest absolute Gasteiger partial charge is 0.376 e. The zero-order valence-corrected chi connectivity index (χ0v) is 19.9. The van der Waals surface area contributed by atoms with Crippen molar-refractivity contribution in [3.8, 4) is 11.5 Å². The van der Waals surface area contributed by atoms with Crippen LogP contribution in [0.2, 0.25) is 0 Å². The van der Waals surface area contributed by atoms with Crippen LogP contribution in [0.25, 0.3) is 21.7 Å². The van der Waals surface area contributed by atoms with E-state index in [-0.39, 0.29) is 11.7 Å². The Morgan fingerprint density at radius 2 is 2.16 bits per heavy atom. The molecule has 4 aromatic heterocycles. The minimum Gasteiger partial charge on any atom is -0.376 e. The Bertz CT molecular complexity index is 1300. The molecule has 0 aromatic carbocycles. The number of rotatable bonds is 6. The monoisotopic (exact) mass is 486 g/mol. The van der Waals surface area contributed by atoms with Crippen LogP contribution in [-0.2, 0) is 29.9 Å². The predicted molar refractivity (Wildman–Crippen MR) is 127 cm³/mol. The molecule has 1 aliphatic heterocycles. The fourth-order valence-corrected chi connectivity index (χ4v) is 7.21. The Balaban J connectivity index is 1.34. The minimum absolute atomic E-state index is 0.0659. The molecule has 4 aromatic rings. The molecule has 32 heavy (non-hydrogen) atoms. The highest BCUT2D eigenvalue weighted by Crippen LogP contribution is 2.35. The van der Waals surface area contributed by atoms with Gasteiger partial charge >= 0.3 is 0 Å². The van der Waals surface area contributed by atoms with Gasteiger partial charge in [-0.25, -0.2) is 4.98 Å². The van der Waals surface area contributed by atoms with Gasteiger partial charge in [0.25, 0.3) is 11.4 Å². The van der Waals surface area contributed by atoms with Crippen LogP contribution in [0.3, 0.4) is 0 Å². The third-order valence-electron chi connectivity index (χ3n) is 6.02. The summed E-state index contributed by atoms with van der Waals surface area (Å²) >= 11 is 4.77. The van der Waals surface area contributed by atoms with Gasteiger partial charge in [-0.05, 0) is 55.5 Å². The Hall–Kier alpha value is -2.01. The summed E-state index contributed by atoms with van der Waals surface area (Å²) in [7, 11) is 0. The van der Waals surface area contributed by atoms with Gasteiger partial charge < -0.3 is 9.26 Å². The number of hydrogen-bond donors (Lipinski definition) is 0. The lowest BCUT2D eigenvalue weighted by Gasteiger charge is -2.16. The highest BCUT2D eigenvalue weighted by molar-refractivity contribution is 7.98. The molecule has 1 aliphatic carbocycles. The number of aryl methyl sites for hydroxylation is 2. The first-order valence-electron chi connectivity index (χ1n) is 10.9. The van der Waals surface area contributed by atoms with E-state index in [2.05, 4.69) is 10.1 Å². The van der Waals surface area contributed by atoms with E-state index in [1.54, 1.807) is 22.7 Å². The topological polar surface area (TPSA) is 83.0 Å². The average Bonchev–Trinajstić information content (AvgIpc) is 3.60. The van der Waals surface area contributed by atoms with Crippen molar-refractivity contribution in [3.05, 3.63) is 43.4 Å². The van der Waals surface area contributed by atoms with Gasteiger partial charge in [0.2, 0.25) is 0 Å². The normalized spacial score (nSPS) is 18.4. The molecule has 1 atom stereocenters. The number of thiophene rings is 2. The number of nitrogens with zero attached hydrogens (tertiary/aromatic N) is 4. The Morgan fingerprint density at radius 3 is 3.00 bits per heavy atom. The van der Waals surface area contributed by atoms with Crippen LogP contribution < -0.4 is 5.56 Å². The maximum absolute atomic E-state index is 13.7. The summed E-state index contributed by atoms with van der Waals surface area (Å²) in [6, 6.07) is 1.96. The van der Waals surface area contributed by atoms with Crippen molar-refractivity contribution in [1.82, 2.24) is 19.7 Å². The van der Waals surface area contributed by atoms with E-state index in [9.17, 15) is 4.79 Å². The third kappa shape index (κ3) is 3.83. The molecule has 10 heteroatoms. The molecular formula is C22H22N4O3S3. The molecule has 0 bridgehead atoms. The molecule has 0 N–H and O–H groups in total. The summed E-state index contributed by atoms with van der Waals surface area (Å²) in [4.78, 5) is 25.3. The van der Waals surface area contributed by atoms with Crippen LogP contribution in [0.4, 0.5) is 0 Å². The average molecular weight is 487 g/mol. The van der Waals surface area contributed by atoms with Crippen LogP contribution in [0.1, 0.15) is 41.9 Å². The first-order valence-corrected chi connectivity index (χ1v) is 13.7. The second kappa shape index (κ2) is 8.74. The molecule has 2 aliphatic rings. The van der Waals surface area contributed by atoms with E-state index < -0.39 is 0 Å². The van der Waals surface area contributed by atoms with Crippen LogP contribution in [0, 0.1) is 0 Å². The summed E-state index contributed by atoms with van der Waals surface area (Å²) < 4.78 is 13.1. The van der Waals surface area contributed by atoms with E-state index in [1.165, 1.54) is 28.6 Å². The number of hydrogen-bond acceptors (Lipinski definition) is 9. The summed E-state index contributed by atoms with van der Waals surface area (Å²) in [6.07, 6.45) is 6.45. The number of thioether (sulfide) groups is 1. The van der Waals surface area contributed by atoms with Crippen molar-refractivity contribution in [2.45, 2.75) is 62.1 Å². The van der Waals surface area contributed by atoms with E-state index in [1.807, 2.05) is 21.4 Å². The summed E-state index contributed by atoms with van der Waals surface area (Å²) in [5.74, 6) is 1.61. The Kier molecular flexibility index (Phi) is 5.62. The molecule has 1 fully saturated rings. The summed E-state index contributed by atoms with van der Waals surface area (Å²) in [5, 5.41) is 9.62. The van der Waals surface area contributed by atoms with E-state index in [0.29, 0.717) is 29.2 Å². The smallest absolute Gasteiger partial charge is 0.263 e. The van der Waals surface area contributed by atoms with Crippen LogP contribution in [-0.4, -0.2) is 32.4 Å². The SMILES string of the molecule is O=c1c2c3c(sc2nc(SCc2noc(-c4ccsc4)n2)n1CC1CCCO1)CCCC3. The summed E-state index contributed by atoms with van der Waals surface area (Å²) in [5.41, 5.74) is 2.22. The third-order valence-corrected chi connectivity index (χ3v) is 8.86. The van der Waals surface area contributed by atoms with Gasteiger partial charge in [0.1, 0.15) is 4.83 Å². The van der Waals surface area contributed by atoms with E-state index in [4.69, 9.17) is 14.2 Å². The number of aromatic nitrogens is 4. The van der Waals surface area contributed by atoms with Crippen molar-refractivity contribution in [3.63, 3.8) is 0 Å². The zero-order valence-electron chi connectivity index (χ0n) is 17.4. The van der Waals surface area contributed by atoms with E-state index >= 15 is 0 Å². The van der Waals surface area contributed by atoms with Gasteiger partial charge in [0, 0.05) is 16.9 Å². The molecule has 0 saturated carbocycles. The highest BCUT2D eigenvalue weighted by atomic mass is 32.2. The molecule has 0 radical (unpaired) electrons. The quantitative estimate of drug-likeness (QED) is 0.283. The van der Waals surface area contributed by atoms with Crippen LogP contribution >= 0.6 is 34.4 Å². The van der Waals surface area contributed by atoms with Gasteiger partial charge in [0.05, 0.1) is 29.4 Å². The number of fused-ring (bicyclic) bond motifs is 3. The second-order valence-electron chi connectivity index (χ2n) is 8.15. The van der Waals surface area contributed by atoms with Gasteiger partial charge in [-0.2, -0.15) is 16.3 Å². The predicted octanol–water partition coefficient (Wildman–Crippen LogP) is 4.92. The first kappa shape index (κ1) is 20.6. The van der Waals surface area contributed by atoms with Gasteiger partial charge in [-0.3, -0.25) is 9.36 Å². The standard InChI is InChI=1S/C22H22N4O3S3/c27-21-18-15-5-1-2-6-16(15)32-20(18)24-22(26(21)10-14-4-3-8-28-14)31-12-17-23-19(29-25-17)13-7-9-30-11-13/h7,9,11,14H,1-6,8,10,12H2. The molecule has 7 nitrogen and oxygen atoms in total. The minimum atomic E-state index is 0.0659. The lowest BCUT2D eigenvalue weighted by atomic mass is 9.97. The zero-order chi connectivity index (χ0) is 21.5. The second-order valence-corrected chi connectivity index (χ2v) is 11.0. The molecule has 166 valence electrons. The molecule has 0 spiro atoms. The molecule has 1 unspecified atom stereocenters. The molecule has 5 heterocycles. The van der Waals surface area contributed by atoms with Crippen molar-refractivity contribution in [1.29, 1.82) is 0 Å². The maximum Gasteiger partial charge on any atom is 0.263 e. The Labute approximate surface area is 196 Å². The van der Waals surface area contributed by atoms with Crippen LogP contribution in [0.15, 0.2) is 31.3 Å². The fourth-order valence-electron chi connectivity index (χ4n) is 4.43. The van der Waals surface area contributed by atoms with Crippen molar-refractivity contribution < 1.29 is 9.26 Å². The number of ether oxygens (including phenoxy) is 1. The summed E-state index contributed by atoms with van der Waals surface area (Å²) in [6.45, 7) is 1.31. The van der Waals surface area contributed by atoms with Gasteiger partial charge in [-0.15, -0.1) is 11.3 Å². The van der Waals surface area contributed by atoms with Crippen molar-refractivity contribution in [2.75, 3.05) is 6.61 Å². The van der Waals surface area contributed by atoms with E-state index in [0.717, 1.165) is 54.5 Å². The van der Waals surface area contributed by atoms with Crippen LogP contribution in [0.5, 0.6) is 0 Å². The van der Waals surface area contributed by atoms with Crippen molar-refractivity contribution >= 4 is 44.7 Å². The van der Waals surface area contributed by atoms with Gasteiger partial charge in [0.15, 0.2) is 11.0 Å².